The maximum absolute atomic E-state index is 13.8. The minimum atomic E-state index is -0.409. The lowest BCUT2D eigenvalue weighted by molar-refractivity contribution is 0.165. The second-order valence-electron chi connectivity index (χ2n) is 5.50. The molecule has 1 aliphatic rings. The van der Waals surface area contributed by atoms with Crippen molar-refractivity contribution in [2.75, 3.05) is 6.54 Å². The summed E-state index contributed by atoms with van der Waals surface area (Å²) in [5, 5.41) is 0. The van der Waals surface area contributed by atoms with Crippen LogP contribution in [0.3, 0.4) is 0 Å². The smallest absolute Gasteiger partial charge is 0.127 e. The Hall–Kier alpha value is -1.78. The van der Waals surface area contributed by atoms with E-state index >= 15 is 0 Å². The Bertz CT molecular complexity index is 642. The molecule has 0 fully saturated rings. The molecular formula is C17H18F2N2. The Morgan fingerprint density at radius 2 is 1.86 bits per heavy atom. The lowest BCUT2D eigenvalue weighted by Crippen LogP contribution is -2.44. The number of nitrogens with two attached hydrogens (primary N) is 1. The van der Waals surface area contributed by atoms with E-state index in [-0.39, 0.29) is 11.9 Å². The second-order valence-corrected chi connectivity index (χ2v) is 5.50. The van der Waals surface area contributed by atoms with Crippen molar-refractivity contribution in [3.8, 4) is 0 Å². The average Bonchev–Trinajstić information content (AvgIpc) is 2.50. The number of halogens is 2. The molecular weight excluding hydrogens is 270 g/mol. The topological polar surface area (TPSA) is 29.3 Å². The highest BCUT2D eigenvalue weighted by molar-refractivity contribution is 5.30. The Morgan fingerprint density at radius 1 is 1.10 bits per heavy atom. The van der Waals surface area contributed by atoms with Crippen molar-refractivity contribution >= 4 is 0 Å². The molecule has 0 aromatic heterocycles. The van der Waals surface area contributed by atoms with Crippen molar-refractivity contribution in [1.82, 2.24) is 4.90 Å². The highest BCUT2D eigenvalue weighted by Gasteiger charge is 2.25. The molecule has 1 atom stereocenters. The first-order valence-corrected chi connectivity index (χ1v) is 7.12. The second kappa shape index (κ2) is 5.92. The Morgan fingerprint density at radius 3 is 2.62 bits per heavy atom. The number of benzene rings is 2. The van der Waals surface area contributed by atoms with Crippen LogP contribution >= 0.6 is 0 Å². The summed E-state index contributed by atoms with van der Waals surface area (Å²) in [6, 6.07) is 12.0. The molecule has 0 bridgehead atoms. The van der Waals surface area contributed by atoms with Crippen LogP contribution < -0.4 is 5.73 Å². The zero-order valence-corrected chi connectivity index (χ0v) is 11.7. The van der Waals surface area contributed by atoms with Crippen molar-refractivity contribution in [2.24, 2.45) is 5.73 Å². The molecule has 0 saturated heterocycles. The minimum absolute atomic E-state index is 0.155. The zero-order chi connectivity index (χ0) is 14.8. The molecule has 1 aliphatic heterocycles. The van der Waals surface area contributed by atoms with Gasteiger partial charge in [0, 0.05) is 31.2 Å². The first kappa shape index (κ1) is 14.2. The van der Waals surface area contributed by atoms with E-state index in [1.165, 1.54) is 23.3 Å². The van der Waals surface area contributed by atoms with E-state index in [0.717, 1.165) is 12.5 Å². The van der Waals surface area contributed by atoms with Crippen LogP contribution in [0.25, 0.3) is 0 Å². The fourth-order valence-corrected chi connectivity index (χ4v) is 2.94. The van der Waals surface area contributed by atoms with Crippen LogP contribution in [0, 0.1) is 11.6 Å². The summed E-state index contributed by atoms with van der Waals surface area (Å²) in [4.78, 5) is 2.13. The van der Waals surface area contributed by atoms with E-state index in [1.54, 1.807) is 0 Å². The van der Waals surface area contributed by atoms with Gasteiger partial charge in [-0.2, -0.15) is 0 Å². The summed E-state index contributed by atoms with van der Waals surface area (Å²) in [6.45, 7) is 1.60. The average molecular weight is 288 g/mol. The fourth-order valence-electron chi connectivity index (χ4n) is 2.94. The lowest BCUT2D eigenvalue weighted by atomic mass is 9.93. The van der Waals surface area contributed by atoms with Gasteiger partial charge in [0.1, 0.15) is 11.6 Å². The minimum Gasteiger partial charge on any atom is -0.329 e. The molecule has 2 aromatic carbocycles. The maximum atomic E-state index is 13.8. The van der Waals surface area contributed by atoms with E-state index in [4.69, 9.17) is 5.73 Å². The molecule has 3 rings (SSSR count). The SMILES string of the molecule is NCC1Cc2ccccc2CN1Cc1cc(F)ccc1F. The molecule has 110 valence electrons. The predicted octanol–water partition coefficient (Wildman–Crippen LogP) is 2.85. The third-order valence-corrected chi connectivity index (χ3v) is 4.12. The molecule has 1 heterocycles. The quantitative estimate of drug-likeness (QED) is 0.941. The van der Waals surface area contributed by atoms with Crippen molar-refractivity contribution < 1.29 is 8.78 Å². The van der Waals surface area contributed by atoms with Crippen LogP contribution in [0.2, 0.25) is 0 Å². The van der Waals surface area contributed by atoms with E-state index < -0.39 is 5.82 Å². The van der Waals surface area contributed by atoms with E-state index in [9.17, 15) is 8.78 Å². The molecule has 2 aromatic rings. The molecule has 0 amide bonds. The lowest BCUT2D eigenvalue weighted by Gasteiger charge is -2.36. The highest BCUT2D eigenvalue weighted by Crippen LogP contribution is 2.25. The van der Waals surface area contributed by atoms with Crippen LogP contribution in [0.5, 0.6) is 0 Å². The van der Waals surface area contributed by atoms with Gasteiger partial charge in [0.25, 0.3) is 0 Å². The summed E-state index contributed by atoms with van der Waals surface area (Å²) >= 11 is 0. The van der Waals surface area contributed by atoms with Gasteiger partial charge in [0.15, 0.2) is 0 Å². The first-order valence-electron chi connectivity index (χ1n) is 7.12. The van der Waals surface area contributed by atoms with Gasteiger partial charge in [-0.3, -0.25) is 4.90 Å². The Labute approximate surface area is 123 Å². The number of nitrogens with zero attached hydrogens (tertiary/aromatic N) is 1. The third-order valence-electron chi connectivity index (χ3n) is 4.12. The normalized spacial score (nSPS) is 18.5. The van der Waals surface area contributed by atoms with E-state index in [1.807, 2.05) is 12.1 Å². The first-order chi connectivity index (χ1) is 10.2. The van der Waals surface area contributed by atoms with Gasteiger partial charge in [-0.05, 0) is 35.7 Å². The molecule has 0 saturated carbocycles. The maximum Gasteiger partial charge on any atom is 0.127 e. The van der Waals surface area contributed by atoms with Gasteiger partial charge in [0.2, 0.25) is 0 Å². The van der Waals surface area contributed by atoms with Gasteiger partial charge in [-0.15, -0.1) is 0 Å². The largest absolute Gasteiger partial charge is 0.329 e. The van der Waals surface area contributed by atoms with Crippen molar-refractivity contribution in [1.29, 1.82) is 0 Å². The predicted molar refractivity (Wildman–Crippen MR) is 78.6 cm³/mol. The van der Waals surface area contributed by atoms with Crippen LogP contribution in [-0.4, -0.2) is 17.5 Å². The molecule has 21 heavy (non-hydrogen) atoms. The Balaban J connectivity index is 1.86. The van der Waals surface area contributed by atoms with Crippen LogP contribution in [-0.2, 0) is 19.5 Å². The van der Waals surface area contributed by atoms with E-state index in [2.05, 4.69) is 17.0 Å². The monoisotopic (exact) mass is 288 g/mol. The number of hydrogen-bond acceptors (Lipinski definition) is 2. The van der Waals surface area contributed by atoms with E-state index in [0.29, 0.717) is 25.2 Å². The van der Waals surface area contributed by atoms with Crippen LogP contribution in [0.1, 0.15) is 16.7 Å². The summed E-state index contributed by atoms with van der Waals surface area (Å²) in [5.74, 6) is -0.779. The fraction of sp³-hybridized carbons (Fsp3) is 0.294. The molecule has 0 radical (unpaired) electrons. The van der Waals surface area contributed by atoms with Gasteiger partial charge in [0.05, 0.1) is 0 Å². The molecule has 2 N–H and O–H groups in total. The summed E-state index contributed by atoms with van der Waals surface area (Å²) in [7, 11) is 0. The van der Waals surface area contributed by atoms with Crippen molar-refractivity contribution in [2.45, 2.75) is 25.6 Å². The molecule has 4 heteroatoms. The van der Waals surface area contributed by atoms with Crippen molar-refractivity contribution in [3.05, 3.63) is 70.8 Å². The summed E-state index contributed by atoms with van der Waals surface area (Å²) in [6.07, 6.45) is 0.851. The van der Waals surface area contributed by atoms with Gasteiger partial charge in [-0.25, -0.2) is 8.78 Å². The van der Waals surface area contributed by atoms with Crippen molar-refractivity contribution in [3.63, 3.8) is 0 Å². The van der Waals surface area contributed by atoms with Gasteiger partial charge >= 0.3 is 0 Å². The number of rotatable bonds is 3. The van der Waals surface area contributed by atoms with Gasteiger partial charge < -0.3 is 5.73 Å². The molecule has 0 spiro atoms. The van der Waals surface area contributed by atoms with Crippen LogP contribution in [0.15, 0.2) is 42.5 Å². The standard InChI is InChI=1S/C17H18F2N2/c18-15-5-6-17(19)14(7-15)11-21-10-13-4-2-1-3-12(13)8-16(21)9-20/h1-7,16H,8-11,20H2. The zero-order valence-electron chi connectivity index (χ0n) is 11.7. The van der Waals surface area contributed by atoms with Crippen LogP contribution in [0.4, 0.5) is 8.78 Å². The molecule has 1 unspecified atom stereocenters. The number of hydrogen-bond donors (Lipinski definition) is 1. The Kier molecular flexibility index (Phi) is 3.99. The third kappa shape index (κ3) is 2.96. The summed E-state index contributed by atoms with van der Waals surface area (Å²) < 4.78 is 27.1. The molecule has 2 nitrogen and oxygen atoms in total. The summed E-state index contributed by atoms with van der Waals surface area (Å²) in [5.41, 5.74) is 8.78. The highest BCUT2D eigenvalue weighted by atomic mass is 19.1. The van der Waals surface area contributed by atoms with Gasteiger partial charge in [-0.1, -0.05) is 24.3 Å². The number of fused-ring (bicyclic) bond motifs is 1. The molecule has 0 aliphatic carbocycles.